The van der Waals surface area contributed by atoms with E-state index in [4.69, 9.17) is 5.73 Å². The number of aromatic nitrogens is 1. The van der Waals surface area contributed by atoms with E-state index in [0.717, 1.165) is 39.5 Å². The number of rotatable bonds is 3. The molecule has 5 nitrogen and oxygen atoms in total. The van der Waals surface area contributed by atoms with Gasteiger partial charge >= 0.3 is 0 Å². The standard InChI is InChI=1S/C18H17N3O2S2/c1-10-20-12-9-11(4-5-14(12)24-10)18(23)21-8-2-3-13(21)15-6-7-16(25-15)17(19)22/h4-7,9,13H,2-3,8H2,1H3,(H2,19,22)/t13-/m1/s1. The van der Waals surface area contributed by atoms with Crippen LogP contribution in [-0.4, -0.2) is 28.2 Å². The fraction of sp³-hybridized carbons (Fsp3) is 0.278. The number of carbonyl (C=O) groups excluding carboxylic acids is 2. The summed E-state index contributed by atoms with van der Waals surface area (Å²) in [5.74, 6) is -0.402. The molecule has 0 radical (unpaired) electrons. The third-order valence-electron chi connectivity index (χ3n) is 4.45. The van der Waals surface area contributed by atoms with Crippen molar-refractivity contribution in [3.63, 3.8) is 0 Å². The van der Waals surface area contributed by atoms with E-state index < -0.39 is 5.91 Å². The molecular formula is C18H17N3O2S2. The van der Waals surface area contributed by atoms with E-state index in [9.17, 15) is 9.59 Å². The van der Waals surface area contributed by atoms with E-state index in [1.54, 1.807) is 17.4 Å². The summed E-state index contributed by atoms with van der Waals surface area (Å²) in [7, 11) is 0. The predicted molar refractivity (Wildman–Crippen MR) is 100 cm³/mol. The highest BCUT2D eigenvalue weighted by molar-refractivity contribution is 7.18. The van der Waals surface area contributed by atoms with E-state index in [1.165, 1.54) is 11.3 Å². The van der Waals surface area contributed by atoms with E-state index in [1.807, 2.05) is 36.1 Å². The lowest BCUT2D eigenvalue weighted by molar-refractivity contribution is 0.0738. The van der Waals surface area contributed by atoms with Gasteiger partial charge in [-0.2, -0.15) is 0 Å². The van der Waals surface area contributed by atoms with Crippen molar-refractivity contribution in [3.05, 3.63) is 50.7 Å². The number of benzene rings is 1. The molecule has 2 aromatic heterocycles. The molecule has 25 heavy (non-hydrogen) atoms. The number of fused-ring (bicyclic) bond motifs is 1. The van der Waals surface area contributed by atoms with Gasteiger partial charge in [-0.05, 0) is 50.1 Å². The van der Waals surface area contributed by atoms with Gasteiger partial charge < -0.3 is 10.6 Å². The first kappa shape index (κ1) is 16.2. The van der Waals surface area contributed by atoms with E-state index in [-0.39, 0.29) is 11.9 Å². The summed E-state index contributed by atoms with van der Waals surface area (Å²) < 4.78 is 1.09. The number of likely N-dealkylation sites (tertiary alicyclic amines) is 1. The molecule has 0 spiro atoms. The second-order valence-corrected chi connectivity index (χ2v) is 8.49. The summed E-state index contributed by atoms with van der Waals surface area (Å²) in [6, 6.07) is 9.38. The lowest BCUT2D eigenvalue weighted by Gasteiger charge is -2.24. The van der Waals surface area contributed by atoms with E-state index in [2.05, 4.69) is 4.98 Å². The van der Waals surface area contributed by atoms with Crippen LogP contribution in [0.1, 0.15) is 48.8 Å². The lowest BCUT2D eigenvalue weighted by Crippen LogP contribution is -2.30. The Labute approximate surface area is 153 Å². The molecule has 0 bridgehead atoms. The fourth-order valence-corrected chi connectivity index (χ4v) is 5.13. The Balaban J connectivity index is 1.63. The quantitative estimate of drug-likeness (QED) is 0.762. The highest BCUT2D eigenvalue weighted by Gasteiger charge is 2.32. The molecule has 1 fully saturated rings. The molecule has 2 amide bonds. The molecule has 1 aliphatic rings. The Hall–Kier alpha value is -2.25. The molecule has 2 N–H and O–H groups in total. The van der Waals surface area contributed by atoms with Crippen LogP contribution in [0.2, 0.25) is 0 Å². The summed E-state index contributed by atoms with van der Waals surface area (Å²) >= 11 is 3.01. The molecular weight excluding hydrogens is 354 g/mol. The maximum absolute atomic E-state index is 13.0. The molecule has 7 heteroatoms. The van der Waals surface area contributed by atoms with Crippen molar-refractivity contribution in [1.29, 1.82) is 0 Å². The van der Waals surface area contributed by atoms with Crippen LogP contribution in [0.3, 0.4) is 0 Å². The maximum atomic E-state index is 13.0. The van der Waals surface area contributed by atoms with Crippen LogP contribution in [0.4, 0.5) is 0 Å². The van der Waals surface area contributed by atoms with Crippen molar-refractivity contribution in [2.45, 2.75) is 25.8 Å². The van der Waals surface area contributed by atoms with Crippen LogP contribution < -0.4 is 5.73 Å². The van der Waals surface area contributed by atoms with Crippen LogP contribution in [-0.2, 0) is 0 Å². The Morgan fingerprint density at radius 3 is 2.84 bits per heavy atom. The first-order chi connectivity index (χ1) is 12.0. The van der Waals surface area contributed by atoms with Gasteiger partial charge in [0.2, 0.25) is 0 Å². The molecule has 1 aromatic carbocycles. The monoisotopic (exact) mass is 371 g/mol. The minimum Gasteiger partial charge on any atom is -0.365 e. The predicted octanol–water partition coefficient (Wildman–Crippen LogP) is 3.74. The molecule has 0 unspecified atom stereocenters. The number of aryl methyl sites for hydroxylation is 1. The first-order valence-electron chi connectivity index (χ1n) is 8.10. The number of nitrogens with two attached hydrogens (primary N) is 1. The third-order valence-corrected chi connectivity index (χ3v) is 6.61. The molecule has 1 atom stereocenters. The Morgan fingerprint density at radius 1 is 1.24 bits per heavy atom. The van der Waals surface area contributed by atoms with E-state index >= 15 is 0 Å². The summed E-state index contributed by atoms with van der Waals surface area (Å²) in [4.78, 5) is 32.3. The summed E-state index contributed by atoms with van der Waals surface area (Å²) in [5.41, 5.74) is 6.89. The zero-order chi connectivity index (χ0) is 17.6. The molecule has 0 saturated carbocycles. The van der Waals surface area contributed by atoms with Crippen molar-refractivity contribution in [1.82, 2.24) is 9.88 Å². The van der Waals surface area contributed by atoms with Crippen LogP contribution in [0, 0.1) is 6.92 Å². The Bertz CT molecular complexity index is 976. The van der Waals surface area contributed by atoms with Gasteiger partial charge in [-0.25, -0.2) is 4.98 Å². The normalized spacial score (nSPS) is 17.3. The van der Waals surface area contributed by atoms with Gasteiger partial charge in [-0.15, -0.1) is 22.7 Å². The number of hydrogen-bond acceptors (Lipinski definition) is 5. The number of primary amides is 1. The van der Waals surface area contributed by atoms with Crippen molar-refractivity contribution >= 4 is 44.7 Å². The molecule has 1 aliphatic heterocycles. The molecule has 3 heterocycles. The average Bonchev–Trinajstić information content (AvgIpc) is 3.30. The highest BCUT2D eigenvalue weighted by atomic mass is 32.1. The maximum Gasteiger partial charge on any atom is 0.258 e. The molecule has 1 saturated heterocycles. The Kier molecular flexibility index (Phi) is 4.05. The molecule has 4 rings (SSSR count). The largest absolute Gasteiger partial charge is 0.365 e. The van der Waals surface area contributed by atoms with Crippen LogP contribution in [0.25, 0.3) is 10.2 Å². The minimum atomic E-state index is -0.420. The van der Waals surface area contributed by atoms with Gasteiger partial charge in [-0.1, -0.05) is 0 Å². The second-order valence-electron chi connectivity index (χ2n) is 6.14. The van der Waals surface area contributed by atoms with E-state index in [0.29, 0.717) is 10.4 Å². The topological polar surface area (TPSA) is 76.3 Å². The zero-order valence-corrected chi connectivity index (χ0v) is 15.3. The number of carbonyl (C=O) groups is 2. The average molecular weight is 371 g/mol. The smallest absolute Gasteiger partial charge is 0.258 e. The van der Waals surface area contributed by atoms with Crippen molar-refractivity contribution in [3.8, 4) is 0 Å². The van der Waals surface area contributed by atoms with Gasteiger partial charge in [0.05, 0.1) is 26.1 Å². The van der Waals surface area contributed by atoms with Crippen LogP contribution >= 0.6 is 22.7 Å². The number of nitrogens with zero attached hydrogens (tertiary/aromatic N) is 2. The molecule has 0 aliphatic carbocycles. The molecule has 128 valence electrons. The number of amides is 2. The summed E-state index contributed by atoms with van der Waals surface area (Å²) in [6.45, 7) is 2.69. The lowest BCUT2D eigenvalue weighted by atomic mass is 10.1. The van der Waals surface area contributed by atoms with Crippen molar-refractivity contribution in [2.24, 2.45) is 5.73 Å². The van der Waals surface area contributed by atoms with Crippen LogP contribution in [0.5, 0.6) is 0 Å². The minimum absolute atomic E-state index is 0.0125. The summed E-state index contributed by atoms with van der Waals surface area (Å²) in [5, 5.41) is 0.996. The Morgan fingerprint density at radius 2 is 2.08 bits per heavy atom. The number of hydrogen-bond donors (Lipinski definition) is 1. The van der Waals surface area contributed by atoms with Gasteiger partial charge in [0.1, 0.15) is 0 Å². The highest BCUT2D eigenvalue weighted by Crippen LogP contribution is 2.37. The molecule has 3 aromatic rings. The van der Waals surface area contributed by atoms with Gasteiger partial charge in [0, 0.05) is 17.0 Å². The van der Waals surface area contributed by atoms with Crippen molar-refractivity contribution < 1.29 is 9.59 Å². The first-order valence-corrected chi connectivity index (χ1v) is 9.74. The van der Waals surface area contributed by atoms with Gasteiger partial charge in [0.25, 0.3) is 11.8 Å². The van der Waals surface area contributed by atoms with Crippen molar-refractivity contribution in [2.75, 3.05) is 6.54 Å². The third kappa shape index (κ3) is 2.94. The zero-order valence-electron chi connectivity index (χ0n) is 13.7. The van der Waals surface area contributed by atoms with Crippen LogP contribution in [0.15, 0.2) is 30.3 Å². The second kappa shape index (κ2) is 6.24. The van der Waals surface area contributed by atoms with Gasteiger partial charge in [0.15, 0.2) is 0 Å². The number of thiazole rings is 1. The fourth-order valence-electron chi connectivity index (χ4n) is 3.31. The SMILES string of the molecule is Cc1nc2cc(C(=O)N3CCC[C@@H]3c3ccc(C(N)=O)s3)ccc2s1. The number of thiophene rings is 1. The summed E-state index contributed by atoms with van der Waals surface area (Å²) in [6.07, 6.45) is 1.86. The van der Waals surface area contributed by atoms with Gasteiger partial charge in [-0.3, -0.25) is 9.59 Å².